The van der Waals surface area contributed by atoms with E-state index >= 15 is 0 Å². The molecule has 3 aliphatic rings. The molecule has 1 atom stereocenters. The van der Waals surface area contributed by atoms with Crippen molar-refractivity contribution in [1.29, 1.82) is 0 Å². The number of piperidine rings is 1. The van der Waals surface area contributed by atoms with Crippen molar-refractivity contribution in [3.63, 3.8) is 0 Å². The zero-order valence-corrected chi connectivity index (χ0v) is 16.2. The molecule has 1 amide bonds. The van der Waals surface area contributed by atoms with E-state index in [9.17, 15) is 4.79 Å². The first-order valence-electron chi connectivity index (χ1n) is 10.2. The van der Waals surface area contributed by atoms with E-state index < -0.39 is 0 Å². The summed E-state index contributed by atoms with van der Waals surface area (Å²) in [4.78, 5) is 28.6. The van der Waals surface area contributed by atoms with Gasteiger partial charge in [-0.25, -0.2) is 9.97 Å². The summed E-state index contributed by atoms with van der Waals surface area (Å²) in [5.41, 5.74) is 2.60. The predicted octanol–water partition coefficient (Wildman–Crippen LogP) is 1.65. The van der Waals surface area contributed by atoms with Crippen LogP contribution in [0.4, 0.5) is 5.82 Å². The van der Waals surface area contributed by atoms with Crippen molar-refractivity contribution in [2.24, 2.45) is 5.92 Å². The minimum atomic E-state index is 0.344. The normalized spacial score (nSPS) is 24.7. The van der Waals surface area contributed by atoms with Gasteiger partial charge < -0.3 is 14.7 Å². The number of aromatic nitrogens is 2. The molecule has 1 aromatic rings. The van der Waals surface area contributed by atoms with Gasteiger partial charge in [0.1, 0.15) is 11.6 Å². The van der Waals surface area contributed by atoms with Gasteiger partial charge >= 0.3 is 0 Å². The smallest absolute Gasteiger partial charge is 0.222 e. The van der Waals surface area contributed by atoms with E-state index in [1.165, 1.54) is 29.9 Å². The predicted molar refractivity (Wildman–Crippen MR) is 102 cm³/mol. The molecule has 4 heterocycles. The Morgan fingerprint density at radius 1 is 1.04 bits per heavy atom. The number of fused-ring (bicyclic) bond motifs is 1. The van der Waals surface area contributed by atoms with Crippen LogP contribution in [0, 0.1) is 12.8 Å². The van der Waals surface area contributed by atoms with E-state index in [1.807, 2.05) is 6.92 Å². The van der Waals surface area contributed by atoms with E-state index in [4.69, 9.17) is 9.97 Å². The van der Waals surface area contributed by atoms with Crippen molar-refractivity contribution >= 4 is 11.7 Å². The van der Waals surface area contributed by atoms with E-state index in [1.54, 1.807) is 0 Å². The highest BCUT2D eigenvalue weighted by Crippen LogP contribution is 2.29. The quantitative estimate of drug-likeness (QED) is 0.823. The summed E-state index contributed by atoms with van der Waals surface area (Å²) < 4.78 is 0. The number of rotatable bonds is 3. The lowest BCUT2D eigenvalue weighted by Crippen LogP contribution is -2.42. The number of anilines is 1. The summed E-state index contributed by atoms with van der Waals surface area (Å²) in [6, 6.07) is 0. The van der Waals surface area contributed by atoms with Gasteiger partial charge in [-0.1, -0.05) is 0 Å². The molecule has 2 saturated heterocycles. The minimum Gasteiger partial charge on any atom is -0.356 e. The number of amides is 1. The number of aryl methyl sites for hydroxylation is 1. The van der Waals surface area contributed by atoms with Gasteiger partial charge in [0, 0.05) is 57.7 Å². The van der Waals surface area contributed by atoms with Crippen molar-refractivity contribution in [3.05, 3.63) is 17.1 Å². The molecule has 6 nitrogen and oxygen atoms in total. The van der Waals surface area contributed by atoms with Crippen LogP contribution in [0.25, 0.3) is 0 Å². The molecule has 26 heavy (non-hydrogen) atoms. The molecule has 0 aliphatic carbocycles. The molecule has 0 unspecified atom stereocenters. The van der Waals surface area contributed by atoms with E-state index in [-0.39, 0.29) is 0 Å². The Morgan fingerprint density at radius 3 is 2.69 bits per heavy atom. The Labute approximate surface area is 156 Å². The van der Waals surface area contributed by atoms with Gasteiger partial charge in [0.2, 0.25) is 5.91 Å². The van der Waals surface area contributed by atoms with Crippen LogP contribution in [0.15, 0.2) is 0 Å². The van der Waals surface area contributed by atoms with Crippen LogP contribution in [-0.2, 0) is 17.6 Å². The van der Waals surface area contributed by atoms with Gasteiger partial charge in [0.25, 0.3) is 0 Å². The van der Waals surface area contributed by atoms with Gasteiger partial charge in [-0.15, -0.1) is 0 Å². The number of nitrogens with zero attached hydrogens (tertiary/aromatic N) is 5. The Kier molecular flexibility index (Phi) is 5.11. The first kappa shape index (κ1) is 17.7. The zero-order chi connectivity index (χ0) is 18.1. The minimum absolute atomic E-state index is 0.344. The highest BCUT2D eigenvalue weighted by Gasteiger charge is 2.29. The van der Waals surface area contributed by atoms with Gasteiger partial charge in [0.15, 0.2) is 0 Å². The average molecular weight is 358 g/mol. The standard InChI is InChI=1S/C20H31N5O/c1-15-21-18-8-12-23(2)11-7-17(18)20(22-15)25-10-3-5-16(14-25)13-24-9-4-6-19(24)26/h16H,3-14H2,1-2H3/t16-/m0/s1. The second kappa shape index (κ2) is 7.51. The molecule has 0 radical (unpaired) electrons. The lowest BCUT2D eigenvalue weighted by molar-refractivity contribution is -0.128. The third-order valence-electron chi connectivity index (χ3n) is 6.13. The highest BCUT2D eigenvalue weighted by atomic mass is 16.2. The number of likely N-dealkylation sites (N-methyl/N-ethyl adjacent to an activating group) is 1. The SMILES string of the molecule is Cc1nc2c(c(N3CCC[C@@H](CN4CCCC4=O)C3)n1)CCN(C)CC2. The molecule has 2 fully saturated rings. The number of carbonyl (C=O) groups is 1. The van der Waals surface area contributed by atoms with Crippen molar-refractivity contribution in [2.45, 2.75) is 45.4 Å². The molecule has 0 spiro atoms. The van der Waals surface area contributed by atoms with Crippen LogP contribution in [-0.4, -0.2) is 72.0 Å². The third-order valence-corrected chi connectivity index (χ3v) is 6.13. The summed E-state index contributed by atoms with van der Waals surface area (Å²) in [6.45, 7) is 8.12. The van der Waals surface area contributed by atoms with Crippen molar-refractivity contribution in [1.82, 2.24) is 19.8 Å². The lowest BCUT2D eigenvalue weighted by Gasteiger charge is -2.36. The van der Waals surface area contributed by atoms with Crippen molar-refractivity contribution in [2.75, 3.05) is 51.2 Å². The molecule has 0 N–H and O–H groups in total. The third kappa shape index (κ3) is 3.70. The summed E-state index contributed by atoms with van der Waals surface area (Å²) in [7, 11) is 2.19. The Balaban J connectivity index is 1.53. The van der Waals surface area contributed by atoms with Crippen molar-refractivity contribution < 1.29 is 4.79 Å². The second-order valence-electron chi connectivity index (χ2n) is 8.22. The van der Waals surface area contributed by atoms with Crippen molar-refractivity contribution in [3.8, 4) is 0 Å². The molecule has 6 heteroatoms. The van der Waals surface area contributed by atoms with Gasteiger partial charge in [-0.2, -0.15) is 0 Å². The second-order valence-corrected chi connectivity index (χ2v) is 8.22. The molecule has 1 aromatic heterocycles. The highest BCUT2D eigenvalue weighted by molar-refractivity contribution is 5.78. The molecule has 0 aromatic carbocycles. The number of likely N-dealkylation sites (tertiary alicyclic amines) is 1. The topological polar surface area (TPSA) is 52.6 Å². The Morgan fingerprint density at radius 2 is 1.88 bits per heavy atom. The molecule has 0 saturated carbocycles. The largest absolute Gasteiger partial charge is 0.356 e. The molecule has 142 valence electrons. The van der Waals surface area contributed by atoms with Crippen LogP contribution in [0.2, 0.25) is 0 Å². The monoisotopic (exact) mass is 357 g/mol. The summed E-state index contributed by atoms with van der Waals surface area (Å²) in [6.07, 6.45) is 6.22. The fraction of sp³-hybridized carbons (Fsp3) is 0.750. The van der Waals surface area contributed by atoms with Gasteiger partial charge in [0.05, 0.1) is 5.69 Å². The van der Waals surface area contributed by atoms with Crippen LogP contribution < -0.4 is 4.90 Å². The molecule has 4 rings (SSSR count). The number of hydrogen-bond acceptors (Lipinski definition) is 5. The number of hydrogen-bond donors (Lipinski definition) is 0. The van der Waals surface area contributed by atoms with E-state index in [0.29, 0.717) is 11.8 Å². The molecule has 0 bridgehead atoms. The first-order chi connectivity index (χ1) is 12.6. The Hall–Kier alpha value is -1.69. The molecular formula is C20H31N5O. The van der Waals surface area contributed by atoms with Crippen LogP contribution in [0.1, 0.15) is 42.8 Å². The number of carbonyl (C=O) groups excluding carboxylic acids is 1. The summed E-state index contributed by atoms with van der Waals surface area (Å²) in [5.74, 6) is 2.96. The van der Waals surface area contributed by atoms with Gasteiger partial charge in [-0.3, -0.25) is 4.79 Å². The molecular weight excluding hydrogens is 326 g/mol. The Bertz CT molecular complexity index is 676. The van der Waals surface area contributed by atoms with Crippen LogP contribution in [0.5, 0.6) is 0 Å². The van der Waals surface area contributed by atoms with E-state index in [2.05, 4.69) is 21.7 Å². The molecule has 3 aliphatic heterocycles. The zero-order valence-electron chi connectivity index (χ0n) is 16.2. The van der Waals surface area contributed by atoms with Crippen LogP contribution >= 0.6 is 0 Å². The summed E-state index contributed by atoms with van der Waals surface area (Å²) >= 11 is 0. The first-order valence-corrected chi connectivity index (χ1v) is 10.2. The summed E-state index contributed by atoms with van der Waals surface area (Å²) in [5, 5.41) is 0. The fourth-order valence-corrected chi connectivity index (χ4v) is 4.69. The van der Waals surface area contributed by atoms with E-state index in [0.717, 1.165) is 70.8 Å². The maximum atomic E-state index is 12.0. The van der Waals surface area contributed by atoms with Crippen LogP contribution in [0.3, 0.4) is 0 Å². The maximum absolute atomic E-state index is 12.0. The fourth-order valence-electron chi connectivity index (χ4n) is 4.69. The maximum Gasteiger partial charge on any atom is 0.222 e. The van der Waals surface area contributed by atoms with Gasteiger partial charge in [-0.05, 0) is 45.6 Å². The average Bonchev–Trinajstić information content (AvgIpc) is 2.93. The lowest BCUT2D eigenvalue weighted by atomic mass is 9.96.